The third kappa shape index (κ3) is 4.62. The van der Waals surface area contributed by atoms with Crippen molar-refractivity contribution in [2.45, 2.75) is 13.8 Å². The minimum atomic E-state index is -0.429. The zero-order valence-electron chi connectivity index (χ0n) is 18.3. The molecule has 33 heavy (non-hydrogen) atoms. The highest BCUT2D eigenvalue weighted by Gasteiger charge is 2.18. The first kappa shape index (κ1) is 21.8. The average molecular weight is 441 g/mol. The lowest BCUT2D eigenvalue weighted by Gasteiger charge is -2.12. The zero-order valence-corrected chi connectivity index (χ0v) is 18.3. The summed E-state index contributed by atoms with van der Waals surface area (Å²) in [4.78, 5) is 37.9. The molecule has 0 radical (unpaired) electrons. The fourth-order valence-corrected chi connectivity index (χ4v) is 3.56. The molecule has 0 aliphatic rings. The Morgan fingerprint density at radius 2 is 1.58 bits per heavy atom. The number of amides is 3. The van der Waals surface area contributed by atoms with Gasteiger partial charge in [-0.3, -0.25) is 9.59 Å². The molecule has 0 aliphatic heterocycles. The molecule has 0 atom stereocenters. The van der Waals surface area contributed by atoms with Gasteiger partial charge in [0.2, 0.25) is 0 Å². The van der Waals surface area contributed by atoms with Crippen molar-refractivity contribution in [3.05, 3.63) is 94.1 Å². The van der Waals surface area contributed by atoms with Gasteiger partial charge in [-0.25, -0.2) is 4.79 Å². The van der Waals surface area contributed by atoms with Crippen molar-refractivity contribution in [2.24, 2.45) is 0 Å². The number of carbonyl (C=O) groups is 2. The van der Waals surface area contributed by atoms with E-state index >= 15 is 0 Å². The largest absolute Gasteiger partial charge is 0.455 e. The maximum absolute atomic E-state index is 13.1. The highest BCUT2D eigenvalue weighted by atomic mass is 16.3. The molecule has 3 amide bonds. The van der Waals surface area contributed by atoms with Crippen molar-refractivity contribution < 1.29 is 14.0 Å². The second-order valence-corrected chi connectivity index (χ2v) is 7.45. The normalized spacial score (nSPS) is 10.6. The van der Waals surface area contributed by atoms with E-state index < -0.39 is 5.91 Å². The topological polar surface area (TPSA) is 100 Å². The smallest absolute Gasteiger partial charge is 0.319 e. The van der Waals surface area contributed by atoms with Gasteiger partial charge in [-0.2, -0.15) is 0 Å². The Hall–Kier alpha value is -4.39. The predicted molar refractivity (Wildman–Crippen MR) is 130 cm³/mol. The van der Waals surface area contributed by atoms with E-state index in [-0.39, 0.29) is 22.6 Å². The third-order valence-electron chi connectivity index (χ3n) is 5.14. The maximum Gasteiger partial charge on any atom is 0.319 e. The average Bonchev–Trinajstić information content (AvgIpc) is 2.82. The molecule has 4 aromatic rings. The summed E-state index contributed by atoms with van der Waals surface area (Å²) in [6.07, 6.45) is 0. The van der Waals surface area contributed by atoms with Gasteiger partial charge in [-0.05, 0) is 44.2 Å². The van der Waals surface area contributed by atoms with E-state index in [0.717, 1.165) is 5.56 Å². The molecule has 0 aliphatic carbocycles. The maximum atomic E-state index is 13.1. The van der Waals surface area contributed by atoms with E-state index in [2.05, 4.69) is 16.0 Å². The molecule has 3 aromatic carbocycles. The molecule has 4 rings (SSSR count). The Morgan fingerprint density at radius 3 is 2.30 bits per heavy atom. The van der Waals surface area contributed by atoms with Crippen LogP contribution < -0.4 is 21.4 Å². The molecule has 0 bridgehead atoms. The van der Waals surface area contributed by atoms with Crippen molar-refractivity contribution in [1.29, 1.82) is 0 Å². The van der Waals surface area contributed by atoms with Gasteiger partial charge >= 0.3 is 6.03 Å². The lowest BCUT2D eigenvalue weighted by molar-refractivity contribution is 0.102. The van der Waals surface area contributed by atoms with Crippen LogP contribution in [0.3, 0.4) is 0 Å². The highest BCUT2D eigenvalue weighted by molar-refractivity contribution is 6.11. The summed E-state index contributed by atoms with van der Waals surface area (Å²) in [6.45, 7) is 4.04. The van der Waals surface area contributed by atoms with Crippen molar-refractivity contribution in [3.63, 3.8) is 0 Å². The SMILES string of the molecule is CCNC(=O)Nc1cccc(NC(=O)c2cccc3c(=O)c(C)c(-c4ccccc4)oc23)c1. The van der Waals surface area contributed by atoms with Crippen LogP contribution in [-0.4, -0.2) is 18.5 Å². The van der Waals surface area contributed by atoms with Gasteiger partial charge in [0.15, 0.2) is 11.0 Å². The predicted octanol–water partition coefficient (Wildman–Crippen LogP) is 5.16. The molecule has 0 spiro atoms. The molecule has 0 saturated carbocycles. The number of fused-ring (bicyclic) bond motifs is 1. The van der Waals surface area contributed by atoms with Crippen LogP contribution in [0.4, 0.5) is 16.2 Å². The van der Waals surface area contributed by atoms with Gasteiger partial charge < -0.3 is 20.4 Å². The van der Waals surface area contributed by atoms with Crippen molar-refractivity contribution in [2.75, 3.05) is 17.2 Å². The number of hydrogen-bond acceptors (Lipinski definition) is 4. The Labute approximate surface area is 190 Å². The van der Waals surface area contributed by atoms with E-state index in [0.29, 0.717) is 34.6 Å². The number of para-hydroxylation sites is 1. The number of rotatable bonds is 5. The summed E-state index contributed by atoms with van der Waals surface area (Å²) < 4.78 is 6.13. The number of nitrogens with one attached hydrogen (secondary N) is 3. The first-order chi connectivity index (χ1) is 16.0. The lowest BCUT2D eigenvalue weighted by Crippen LogP contribution is -2.28. The van der Waals surface area contributed by atoms with Crippen LogP contribution in [0.15, 0.2) is 82.0 Å². The van der Waals surface area contributed by atoms with Gasteiger partial charge in [0.05, 0.1) is 10.9 Å². The standard InChI is InChI=1S/C26H23N3O4/c1-3-27-26(32)29-19-12-7-11-18(15-19)28-25(31)21-14-8-13-20-22(30)16(2)23(33-24(20)21)17-9-5-4-6-10-17/h4-15H,3H2,1-2H3,(H,28,31)(H2,27,29,32). The Morgan fingerprint density at radius 1 is 0.879 bits per heavy atom. The molecule has 1 aromatic heterocycles. The summed E-state index contributed by atoms with van der Waals surface area (Å²) in [5.74, 6) is 0.00302. The van der Waals surface area contributed by atoms with Gasteiger partial charge in [-0.15, -0.1) is 0 Å². The minimum Gasteiger partial charge on any atom is -0.455 e. The summed E-state index contributed by atoms with van der Waals surface area (Å²) >= 11 is 0. The molecule has 7 nitrogen and oxygen atoms in total. The van der Waals surface area contributed by atoms with E-state index in [1.165, 1.54) is 0 Å². The molecule has 0 fully saturated rings. The second kappa shape index (κ2) is 9.40. The van der Waals surface area contributed by atoms with Crippen LogP contribution in [-0.2, 0) is 0 Å². The number of benzene rings is 3. The monoisotopic (exact) mass is 441 g/mol. The summed E-state index contributed by atoms with van der Waals surface area (Å²) in [7, 11) is 0. The molecular weight excluding hydrogens is 418 g/mol. The van der Waals surface area contributed by atoms with Crippen LogP contribution in [0.1, 0.15) is 22.8 Å². The molecule has 0 unspecified atom stereocenters. The first-order valence-corrected chi connectivity index (χ1v) is 10.6. The Bertz CT molecular complexity index is 1390. The molecular formula is C26H23N3O4. The minimum absolute atomic E-state index is 0.183. The van der Waals surface area contributed by atoms with Crippen LogP contribution in [0.2, 0.25) is 0 Å². The first-order valence-electron chi connectivity index (χ1n) is 10.6. The van der Waals surface area contributed by atoms with E-state index in [1.54, 1.807) is 49.4 Å². The lowest BCUT2D eigenvalue weighted by atomic mass is 10.0. The van der Waals surface area contributed by atoms with Crippen LogP contribution in [0.5, 0.6) is 0 Å². The molecule has 0 saturated heterocycles. The van der Waals surface area contributed by atoms with Gasteiger partial charge in [0.1, 0.15) is 5.76 Å². The summed E-state index contributed by atoms with van der Waals surface area (Å²) in [5.41, 5.74) is 2.54. The third-order valence-corrected chi connectivity index (χ3v) is 5.14. The van der Waals surface area contributed by atoms with Crippen LogP contribution >= 0.6 is 0 Å². The number of urea groups is 1. The Kier molecular flexibility index (Phi) is 6.22. The fraction of sp³-hybridized carbons (Fsp3) is 0.115. The highest BCUT2D eigenvalue weighted by Crippen LogP contribution is 2.28. The Balaban J connectivity index is 1.70. The summed E-state index contributed by atoms with van der Waals surface area (Å²) in [5, 5.41) is 8.51. The van der Waals surface area contributed by atoms with Crippen LogP contribution in [0, 0.1) is 6.92 Å². The van der Waals surface area contributed by atoms with Crippen molar-refractivity contribution in [1.82, 2.24) is 5.32 Å². The van der Waals surface area contributed by atoms with Gasteiger partial charge in [0.25, 0.3) is 5.91 Å². The van der Waals surface area contributed by atoms with Gasteiger partial charge in [-0.1, -0.05) is 42.5 Å². The second-order valence-electron chi connectivity index (χ2n) is 7.45. The number of anilines is 2. The van der Waals surface area contributed by atoms with Crippen molar-refractivity contribution >= 4 is 34.3 Å². The van der Waals surface area contributed by atoms with E-state index in [9.17, 15) is 14.4 Å². The van der Waals surface area contributed by atoms with Crippen LogP contribution in [0.25, 0.3) is 22.3 Å². The van der Waals surface area contributed by atoms with Crippen molar-refractivity contribution in [3.8, 4) is 11.3 Å². The fourth-order valence-electron chi connectivity index (χ4n) is 3.56. The van der Waals surface area contributed by atoms with E-state index in [1.807, 2.05) is 37.3 Å². The molecule has 166 valence electrons. The van der Waals surface area contributed by atoms with Gasteiger partial charge in [0, 0.05) is 29.0 Å². The molecule has 7 heteroatoms. The number of hydrogen-bond donors (Lipinski definition) is 3. The zero-order chi connectivity index (χ0) is 23.4. The van der Waals surface area contributed by atoms with E-state index in [4.69, 9.17) is 4.42 Å². The molecule has 3 N–H and O–H groups in total. The summed E-state index contributed by atoms with van der Waals surface area (Å²) in [6, 6.07) is 20.7. The molecule has 1 heterocycles. The quantitative estimate of drug-likeness (QED) is 0.398. The number of carbonyl (C=O) groups excluding carboxylic acids is 2.